The molecule has 0 saturated heterocycles. The maximum absolute atomic E-state index is 11.7. The molecule has 0 aliphatic rings. The van der Waals surface area contributed by atoms with Gasteiger partial charge < -0.3 is 4.42 Å². The number of halogens is 1. The molecule has 0 unspecified atom stereocenters. The van der Waals surface area contributed by atoms with Crippen molar-refractivity contribution >= 4 is 17.4 Å². The highest BCUT2D eigenvalue weighted by atomic mass is 35.5. The number of carbonyl (C=O) groups excluding carboxylic acids is 1. The summed E-state index contributed by atoms with van der Waals surface area (Å²) in [6.07, 6.45) is 4.39. The van der Waals surface area contributed by atoms with Crippen molar-refractivity contribution in [1.82, 2.24) is 4.98 Å². The second-order valence-corrected chi connectivity index (χ2v) is 3.07. The van der Waals surface area contributed by atoms with E-state index in [1.165, 1.54) is 18.7 Å². The van der Waals surface area contributed by atoms with Crippen LogP contribution in [0.25, 0.3) is 0 Å². The van der Waals surface area contributed by atoms with Crippen LogP contribution in [-0.4, -0.2) is 10.8 Å². The molecule has 0 N–H and O–H groups in total. The molecule has 0 saturated carbocycles. The van der Waals surface area contributed by atoms with Crippen molar-refractivity contribution in [3.05, 3.63) is 53.2 Å². The summed E-state index contributed by atoms with van der Waals surface area (Å²) in [6, 6.07) is 4.81. The van der Waals surface area contributed by atoms with Gasteiger partial charge in [-0.05, 0) is 18.2 Å². The second-order valence-electron chi connectivity index (χ2n) is 2.66. The molecule has 2 aromatic heterocycles. The van der Waals surface area contributed by atoms with Gasteiger partial charge in [0.05, 0.1) is 11.3 Å². The Bertz CT molecular complexity index is 451. The predicted molar refractivity (Wildman–Crippen MR) is 51.4 cm³/mol. The van der Waals surface area contributed by atoms with Gasteiger partial charge in [-0.15, -0.1) is 0 Å². The Morgan fingerprint density at radius 2 is 2.29 bits per heavy atom. The van der Waals surface area contributed by atoms with Crippen molar-refractivity contribution in [3.63, 3.8) is 0 Å². The van der Waals surface area contributed by atoms with E-state index >= 15 is 0 Å². The Kier molecular flexibility index (Phi) is 2.33. The first-order valence-corrected chi connectivity index (χ1v) is 4.34. The standard InChI is InChI=1S/C10H6ClNO2/c11-8-6-12-4-3-7(8)10(13)9-2-1-5-14-9/h1-6H. The minimum Gasteiger partial charge on any atom is -0.461 e. The van der Waals surface area contributed by atoms with E-state index in [9.17, 15) is 4.79 Å². The second kappa shape index (κ2) is 3.64. The Morgan fingerprint density at radius 3 is 2.93 bits per heavy atom. The SMILES string of the molecule is O=C(c1ccco1)c1ccncc1Cl. The first-order valence-electron chi connectivity index (χ1n) is 3.97. The molecule has 0 atom stereocenters. The Hall–Kier alpha value is -1.61. The highest BCUT2D eigenvalue weighted by Gasteiger charge is 2.14. The summed E-state index contributed by atoms with van der Waals surface area (Å²) in [5.74, 6) is 0.0421. The average Bonchev–Trinajstić information content (AvgIpc) is 2.70. The number of pyridine rings is 1. The van der Waals surface area contributed by atoms with Crippen LogP contribution in [-0.2, 0) is 0 Å². The van der Waals surface area contributed by atoms with Crippen molar-refractivity contribution in [1.29, 1.82) is 0 Å². The maximum atomic E-state index is 11.7. The molecule has 0 aliphatic carbocycles. The van der Waals surface area contributed by atoms with E-state index in [4.69, 9.17) is 16.0 Å². The van der Waals surface area contributed by atoms with Crippen LogP contribution < -0.4 is 0 Å². The number of ketones is 1. The summed E-state index contributed by atoms with van der Waals surface area (Å²) in [7, 11) is 0. The third kappa shape index (κ3) is 1.54. The number of rotatable bonds is 2. The van der Waals surface area contributed by atoms with Gasteiger partial charge in [0.2, 0.25) is 5.78 Å². The molecule has 2 heterocycles. The predicted octanol–water partition coefficient (Wildman–Crippen LogP) is 2.56. The molecule has 0 bridgehead atoms. The van der Waals surface area contributed by atoms with Gasteiger partial charge in [-0.2, -0.15) is 0 Å². The topological polar surface area (TPSA) is 43.1 Å². The summed E-state index contributed by atoms with van der Waals surface area (Å²) >= 11 is 5.81. The lowest BCUT2D eigenvalue weighted by Crippen LogP contribution is -2.00. The van der Waals surface area contributed by atoms with Crippen LogP contribution in [0.3, 0.4) is 0 Å². The zero-order valence-corrected chi connectivity index (χ0v) is 7.86. The van der Waals surface area contributed by atoms with Crippen LogP contribution in [0.15, 0.2) is 41.3 Å². The lowest BCUT2D eigenvalue weighted by Gasteiger charge is -1.98. The molecule has 3 nitrogen and oxygen atoms in total. The van der Waals surface area contributed by atoms with Crippen molar-refractivity contribution in [2.24, 2.45) is 0 Å². The van der Waals surface area contributed by atoms with Gasteiger partial charge in [0.1, 0.15) is 0 Å². The zero-order chi connectivity index (χ0) is 9.97. The molecule has 0 aliphatic heterocycles. The summed E-state index contributed by atoms with van der Waals surface area (Å²) in [5, 5.41) is 0.328. The van der Waals surface area contributed by atoms with Gasteiger partial charge in [0.25, 0.3) is 0 Å². The normalized spacial score (nSPS) is 10.1. The molecule has 0 spiro atoms. The van der Waals surface area contributed by atoms with E-state index in [-0.39, 0.29) is 11.5 Å². The van der Waals surface area contributed by atoms with E-state index < -0.39 is 0 Å². The number of carbonyl (C=O) groups is 1. The fourth-order valence-electron chi connectivity index (χ4n) is 1.10. The fourth-order valence-corrected chi connectivity index (χ4v) is 1.30. The number of nitrogens with zero attached hydrogens (tertiary/aromatic N) is 1. The maximum Gasteiger partial charge on any atom is 0.229 e. The average molecular weight is 208 g/mol. The van der Waals surface area contributed by atoms with E-state index in [1.54, 1.807) is 18.2 Å². The first-order chi connectivity index (χ1) is 6.79. The van der Waals surface area contributed by atoms with Crippen molar-refractivity contribution in [2.45, 2.75) is 0 Å². The summed E-state index contributed by atoms with van der Waals surface area (Å²) in [5.41, 5.74) is 0.400. The molecule has 14 heavy (non-hydrogen) atoms. The van der Waals surface area contributed by atoms with Crippen molar-refractivity contribution < 1.29 is 9.21 Å². The van der Waals surface area contributed by atoms with Gasteiger partial charge in [0, 0.05) is 18.0 Å². The summed E-state index contributed by atoms with van der Waals surface area (Å²) in [6.45, 7) is 0. The quantitative estimate of drug-likeness (QED) is 0.711. The smallest absolute Gasteiger partial charge is 0.229 e. The molecular weight excluding hydrogens is 202 g/mol. The number of hydrogen-bond donors (Lipinski definition) is 0. The van der Waals surface area contributed by atoms with Crippen molar-refractivity contribution in [3.8, 4) is 0 Å². The van der Waals surface area contributed by atoms with Crippen LogP contribution in [0.1, 0.15) is 16.1 Å². The minimum atomic E-state index is -0.234. The van der Waals surface area contributed by atoms with Gasteiger partial charge in [-0.1, -0.05) is 11.6 Å². The fraction of sp³-hybridized carbons (Fsp3) is 0. The van der Waals surface area contributed by atoms with Crippen LogP contribution in [0.5, 0.6) is 0 Å². The largest absolute Gasteiger partial charge is 0.461 e. The third-order valence-electron chi connectivity index (χ3n) is 1.76. The van der Waals surface area contributed by atoms with Crippen LogP contribution in [0.2, 0.25) is 5.02 Å². The van der Waals surface area contributed by atoms with Crippen LogP contribution in [0, 0.1) is 0 Å². The molecular formula is C10H6ClNO2. The molecule has 0 amide bonds. The van der Waals surface area contributed by atoms with Gasteiger partial charge in [-0.25, -0.2) is 0 Å². The lowest BCUT2D eigenvalue weighted by atomic mass is 10.1. The summed E-state index contributed by atoms with van der Waals surface area (Å²) < 4.78 is 4.98. The van der Waals surface area contributed by atoms with Gasteiger partial charge in [-0.3, -0.25) is 9.78 Å². The molecule has 4 heteroatoms. The molecule has 2 aromatic rings. The van der Waals surface area contributed by atoms with Crippen LogP contribution in [0.4, 0.5) is 0 Å². The monoisotopic (exact) mass is 207 g/mol. The van der Waals surface area contributed by atoms with Crippen molar-refractivity contribution in [2.75, 3.05) is 0 Å². The Morgan fingerprint density at radius 1 is 1.43 bits per heavy atom. The van der Waals surface area contributed by atoms with Gasteiger partial charge >= 0.3 is 0 Å². The molecule has 0 fully saturated rings. The minimum absolute atomic E-state index is 0.234. The molecule has 0 radical (unpaired) electrons. The highest BCUT2D eigenvalue weighted by Crippen LogP contribution is 2.17. The number of aromatic nitrogens is 1. The van der Waals surface area contributed by atoms with E-state index in [1.807, 2.05) is 0 Å². The molecule has 0 aromatic carbocycles. The molecule has 2 rings (SSSR count). The van der Waals surface area contributed by atoms with E-state index in [0.717, 1.165) is 0 Å². The lowest BCUT2D eigenvalue weighted by molar-refractivity contribution is 0.101. The number of hydrogen-bond acceptors (Lipinski definition) is 3. The molecule has 70 valence electrons. The van der Waals surface area contributed by atoms with Gasteiger partial charge in [0.15, 0.2) is 5.76 Å². The third-order valence-corrected chi connectivity index (χ3v) is 2.06. The highest BCUT2D eigenvalue weighted by molar-refractivity contribution is 6.34. The summed E-state index contributed by atoms with van der Waals surface area (Å²) in [4.78, 5) is 15.5. The Balaban J connectivity index is 2.42. The Labute approximate surface area is 85.3 Å². The van der Waals surface area contributed by atoms with E-state index in [2.05, 4.69) is 4.98 Å². The number of furan rings is 1. The zero-order valence-electron chi connectivity index (χ0n) is 7.11. The van der Waals surface area contributed by atoms with E-state index in [0.29, 0.717) is 10.6 Å². The first kappa shape index (κ1) is 8.97. The van der Waals surface area contributed by atoms with Crippen LogP contribution >= 0.6 is 11.6 Å².